The predicted molar refractivity (Wildman–Crippen MR) is 68.3 cm³/mol. The molecule has 4 heteroatoms. The lowest BCUT2D eigenvalue weighted by atomic mass is 9.99. The molecule has 0 aliphatic rings. The Morgan fingerprint density at radius 3 is 2.75 bits per heavy atom. The molecule has 1 rings (SSSR count). The van der Waals surface area contributed by atoms with Gasteiger partial charge in [0.1, 0.15) is 0 Å². The van der Waals surface area contributed by atoms with Gasteiger partial charge in [0.2, 0.25) is 5.91 Å². The Balaban J connectivity index is 2.40. The van der Waals surface area contributed by atoms with E-state index in [0.717, 1.165) is 6.42 Å². The molecular formula is C12H20N2OS. The molecule has 0 aliphatic carbocycles. The van der Waals surface area contributed by atoms with Crippen molar-refractivity contribution in [3.8, 4) is 0 Å². The van der Waals surface area contributed by atoms with Crippen LogP contribution in [-0.2, 0) is 11.3 Å². The monoisotopic (exact) mass is 240 g/mol. The number of carbonyl (C=O) groups is 1. The van der Waals surface area contributed by atoms with Crippen LogP contribution in [0.3, 0.4) is 0 Å². The summed E-state index contributed by atoms with van der Waals surface area (Å²) in [4.78, 5) is 14.1. The summed E-state index contributed by atoms with van der Waals surface area (Å²) in [6.45, 7) is 6.68. The number of rotatable bonds is 5. The molecule has 1 amide bonds. The Morgan fingerprint density at radius 1 is 1.56 bits per heavy atom. The second kappa shape index (κ2) is 6.01. The maximum absolute atomic E-state index is 11.7. The van der Waals surface area contributed by atoms with Crippen LogP contribution in [0.1, 0.15) is 30.0 Å². The SMILES string of the molecule is CCC(C)C(N)C(=O)NCc1ccc(C)s1. The van der Waals surface area contributed by atoms with Crippen LogP contribution < -0.4 is 11.1 Å². The van der Waals surface area contributed by atoms with Crippen LogP contribution in [0.2, 0.25) is 0 Å². The molecule has 1 aromatic rings. The molecular weight excluding hydrogens is 220 g/mol. The van der Waals surface area contributed by atoms with E-state index in [1.807, 2.05) is 19.9 Å². The number of nitrogens with two attached hydrogens (primary N) is 1. The first-order valence-electron chi connectivity index (χ1n) is 5.63. The summed E-state index contributed by atoms with van der Waals surface area (Å²) in [6.07, 6.45) is 0.923. The zero-order valence-corrected chi connectivity index (χ0v) is 10.9. The molecule has 0 saturated heterocycles. The van der Waals surface area contributed by atoms with E-state index in [1.54, 1.807) is 11.3 Å². The van der Waals surface area contributed by atoms with E-state index < -0.39 is 6.04 Å². The fraction of sp³-hybridized carbons (Fsp3) is 0.583. The van der Waals surface area contributed by atoms with Crippen LogP contribution in [0.5, 0.6) is 0 Å². The quantitative estimate of drug-likeness (QED) is 0.827. The van der Waals surface area contributed by atoms with Crippen molar-refractivity contribution in [2.24, 2.45) is 11.7 Å². The highest BCUT2D eigenvalue weighted by molar-refractivity contribution is 7.11. The Morgan fingerprint density at radius 2 is 2.25 bits per heavy atom. The third kappa shape index (κ3) is 3.61. The van der Waals surface area contributed by atoms with E-state index in [-0.39, 0.29) is 11.8 Å². The van der Waals surface area contributed by atoms with Gasteiger partial charge in [-0.3, -0.25) is 4.79 Å². The Bertz CT molecular complexity index is 349. The lowest BCUT2D eigenvalue weighted by Crippen LogP contribution is -2.44. The van der Waals surface area contributed by atoms with Gasteiger partial charge < -0.3 is 11.1 Å². The molecule has 1 aromatic heterocycles. The molecule has 90 valence electrons. The molecule has 3 N–H and O–H groups in total. The van der Waals surface area contributed by atoms with Gasteiger partial charge in [0.05, 0.1) is 12.6 Å². The first-order chi connectivity index (χ1) is 7.54. The standard InChI is InChI=1S/C12H20N2OS/c1-4-8(2)11(13)12(15)14-7-10-6-5-9(3)16-10/h5-6,8,11H,4,7,13H2,1-3H3,(H,14,15). The van der Waals surface area contributed by atoms with Crippen molar-refractivity contribution in [3.05, 3.63) is 21.9 Å². The molecule has 0 aliphatic heterocycles. The topological polar surface area (TPSA) is 55.1 Å². The van der Waals surface area contributed by atoms with Gasteiger partial charge in [0, 0.05) is 9.75 Å². The third-order valence-electron chi connectivity index (χ3n) is 2.79. The smallest absolute Gasteiger partial charge is 0.237 e. The van der Waals surface area contributed by atoms with Crippen LogP contribution >= 0.6 is 11.3 Å². The fourth-order valence-electron chi connectivity index (χ4n) is 1.38. The van der Waals surface area contributed by atoms with Crippen molar-refractivity contribution in [1.82, 2.24) is 5.32 Å². The van der Waals surface area contributed by atoms with Crippen LogP contribution in [-0.4, -0.2) is 11.9 Å². The summed E-state index contributed by atoms with van der Waals surface area (Å²) in [5.74, 6) is 0.172. The van der Waals surface area contributed by atoms with E-state index in [4.69, 9.17) is 5.73 Å². The molecule has 0 radical (unpaired) electrons. The molecule has 2 atom stereocenters. The lowest BCUT2D eigenvalue weighted by Gasteiger charge is -2.17. The summed E-state index contributed by atoms with van der Waals surface area (Å²) in [5.41, 5.74) is 5.83. The Labute approximate surface area is 101 Å². The van der Waals surface area contributed by atoms with E-state index in [9.17, 15) is 4.79 Å². The molecule has 1 heterocycles. The molecule has 2 unspecified atom stereocenters. The molecule has 3 nitrogen and oxygen atoms in total. The van der Waals surface area contributed by atoms with Crippen molar-refractivity contribution >= 4 is 17.2 Å². The fourth-order valence-corrected chi connectivity index (χ4v) is 2.21. The number of thiophene rings is 1. The molecule has 0 fully saturated rings. The normalized spacial score (nSPS) is 14.5. The summed E-state index contributed by atoms with van der Waals surface area (Å²) >= 11 is 1.70. The molecule has 0 saturated carbocycles. The second-order valence-corrected chi connectivity index (χ2v) is 5.51. The first kappa shape index (κ1) is 13.2. The highest BCUT2D eigenvalue weighted by atomic mass is 32.1. The van der Waals surface area contributed by atoms with Gasteiger partial charge in [-0.1, -0.05) is 20.3 Å². The van der Waals surface area contributed by atoms with Gasteiger partial charge in [0.25, 0.3) is 0 Å². The zero-order chi connectivity index (χ0) is 12.1. The van der Waals surface area contributed by atoms with E-state index in [0.29, 0.717) is 6.54 Å². The van der Waals surface area contributed by atoms with Crippen molar-refractivity contribution in [3.63, 3.8) is 0 Å². The van der Waals surface area contributed by atoms with E-state index in [2.05, 4.69) is 18.3 Å². The maximum atomic E-state index is 11.7. The molecule has 0 aromatic carbocycles. The minimum absolute atomic E-state index is 0.0552. The average molecular weight is 240 g/mol. The van der Waals surface area contributed by atoms with Crippen LogP contribution in [0.4, 0.5) is 0 Å². The number of carbonyl (C=O) groups excluding carboxylic acids is 1. The first-order valence-corrected chi connectivity index (χ1v) is 6.44. The minimum Gasteiger partial charge on any atom is -0.350 e. The average Bonchev–Trinajstić information content (AvgIpc) is 2.69. The summed E-state index contributed by atoms with van der Waals surface area (Å²) in [7, 11) is 0. The maximum Gasteiger partial charge on any atom is 0.237 e. The summed E-state index contributed by atoms with van der Waals surface area (Å²) in [6, 6.07) is 3.70. The van der Waals surface area contributed by atoms with Gasteiger partial charge in [-0.25, -0.2) is 0 Å². The predicted octanol–water partition coefficient (Wildman–Crippen LogP) is 2.05. The van der Waals surface area contributed by atoms with Crippen molar-refractivity contribution in [2.75, 3.05) is 0 Å². The summed E-state index contributed by atoms with van der Waals surface area (Å²) < 4.78 is 0. The van der Waals surface area contributed by atoms with Crippen molar-refractivity contribution < 1.29 is 4.79 Å². The molecule has 16 heavy (non-hydrogen) atoms. The molecule has 0 bridgehead atoms. The van der Waals surface area contributed by atoms with E-state index >= 15 is 0 Å². The van der Waals surface area contributed by atoms with Gasteiger partial charge in [-0.15, -0.1) is 11.3 Å². The van der Waals surface area contributed by atoms with Crippen LogP contribution in [0.15, 0.2) is 12.1 Å². The minimum atomic E-state index is -0.397. The number of amides is 1. The van der Waals surface area contributed by atoms with E-state index in [1.165, 1.54) is 9.75 Å². The van der Waals surface area contributed by atoms with Gasteiger partial charge in [-0.05, 0) is 25.0 Å². The van der Waals surface area contributed by atoms with Crippen LogP contribution in [0, 0.1) is 12.8 Å². The number of hydrogen-bond acceptors (Lipinski definition) is 3. The van der Waals surface area contributed by atoms with Gasteiger partial charge in [-0.2, -0.15) is 0 Å². The highest BCUT2D eigenvalue weighted by Crippen LogP contribution is 2.14. The summed E-state index contributed by atoms with van der Waals surface area (Å²) in [5, 5.41) is 2.87. The Hall–Kier alpha value is -0.870. The largest absolute Gasteiger partial charge is 0.350 e. The van der Waals surface area contributed by atoms with Gasteiger partial charge >= 0.3 is 0 Å². The van der Waals surface area contributed by atoms with Gasteiger partial charge in [0.15, 0.2) is 0 Å². The van der Waals surface area contributed by atoms with Crippen LogP contribution in [0.25, 0.3) is 0 Å². The molecule has 0 spiro atoms. The van der Waals surface area contributed by atoms with Crippen molar-refractivity contribution in [2.45, 2.75) is 39.8 Å². The third-order valence-corrected chi connectivity index (χ3v) is 3.79. The number of nitrogens with one attached hydrogen (secondary N) is 1. The second-order valence-electron chi connectivity index (χ2n) is 4.14. The zero-order valence-electron chi connectivity index (χ0n) is 10.1. The lowest BCUT2D eigenvalue weighted by molar-refractivity contribution is -0.123. The highest BCUT2D eigenvalue weighted by Gasteiger charge is 2.18. The number of hydrogen-bond donors (Lipinski definition) is 2. The van der Waals surface area contributed by atoms with Crippen molar-refractivity contribution in [1.29, 1.82) is 0 Å². The Kier molecular flexibility index (Phi) is 4.96. The number of aryl methyl sites for hydroxylation is 1.